The van der Waals surface area contributed by atoms with Crippen molar-refractivity contribution in [1.82, 2.24) is 15.1 Å². The molecule has 0 aromatic heterocycles. The molecule has 7 nitrogen and oxygen atoms in total. The van der Waals surface area contributed by atoms with Crippen molar-refractivity contribution >= 4 is 21.7 Å². The first-order chi connectivity index (χ1) is 13.4. The lowest BCUT2D eigenvalue weighted by Gasteiger charge is -2.34. The summed E-state index contributed by atoms with van der Waals surface area (Å²) >= 11 is 0. The Bertz CT molecular complexity index is 729. The molecule has 1 saturated heterocycles. The van der Waals surface area contributed by atoms with Crippen LogP contribution in [0.5, 0.6) is 0 Å². The molecule has 0 spiro atoms. The number of benzene rings is 1. The van der Waals surface area contributed by atoms with Crippen molar-refractivity contribution in [2.45, 2.75) is 26.2 Å². The van der Waals surface area contributed by atoms with Crippen LogP contribution in [0.4, 0.5) is 0 Å². The van der Waals surface area contributed by atoms with Crippen LogP contribution in [0, 0.1) is 0 Å². The van der Waals surface area contributed by atoms with Crippen molar-refractivity contribution in [3.8, 4) is 0 Å². The third-order valence-corrected chi connectivity index (χ3v) is 6.37. The minimum atomic E-state index is -3.41. The van der Waals surface area contributed by atoms with Gasteiger partial charge in [0, 0.05) is 32.7 Å². The van der Waals surface area contributed by atoms with E-state index in [0.29, 0.717) is 52.1 Å². The van der Waals surface area contributed by atoms with Crippen LogP contribution in [0.1, 0.15) is 25.3 Å². The van der Waals surface area contributed by atoms with Crippen molar-refractivity contribution < 1.29 is 18.0 Å². The summed E-state index contributed by atoms with van der Waals surface area (Å²) in [6, 6.07) is 9.73. The highest BCUT2D eigenvalue weighted by atomic mass is 32.2. The molecule has 1 aliphatic heterocycles. The predicted octanol–water partition coefficient (Wildman–Crippen LogP) is 0.704. The Hall–Kier alpha value is -1.93. The average molecular weight is 410 g/mol. The Kier molecular flexibility index (Phi) is 8.92. The maximum atomic E-state index is 12.4. The molecule has 8 heteroatoms. The van der Waals surface area contributed by atoms with E-state index in [4.69, 9.17) is 0 Å². The zero-order valence-electron chi connectivity index (χ0n) is 16.6. The molecule has 2 amide bonds. The number of hydrogen-bond acceptors (Lipinski definition) is 5. The fourth-order valence-corrected chi connectivity index (χ4v) is 4.46. The molecule has 0 atom stereocenters. The summed E-state index contributed by atoms with van der Waals surface area (Å²) < 4.78 is 24.5. The molecule has 0 saturated carbocycles. The number of carbonyl (C=O) groups is 2. The number of carbonyl (C=O) groups excluding carboxylic acids is 2. The SMILES string of the molecule is CCCNC(=O)CN1CCN(C(=O)CS(=O)(=O)CCCc2ccccc2)CC1. The lowest BCUT2D eigenvalue weighted by Crippen LogP contribution is -2.52. The lowest BCUT2D eigenvalue weighted by atomic mass is 10.1. The van der Waals surface area contributed by atoms with E-state index in [9.17, 15) is 18.0 Å². The molecule has 1 aromatic rings. The highest BCUT2D eigenvalue weighted by Gasteiger charge is 2.25. The molecule has 1 heterocycles. The van der Waals surface area contributed by atoms with Gasteiger partial charge in [0.2, 0.25) is 11.8 Å². The summed E-state index contributed by atoms with van der Waals surface area (Å²) in [5.41, 5.74) is 1.10. The summed E-state index contributed by atoms with van der Waals surface area (Å²) in [7, 11) is -3.41. The van der Waals surface area contributed by atoms with Gasteiger partial charge >= 0.3 is 0 Å². The van der Waals surface area contributed by atoms with Crippen LogP contribution in [0.2, 0.25) is 0 Å². The number of rotatable bonds is 10. The van der Waals surface area contributed by atoms with E-state index in [1.54, 1.807) is 4.90 Å². The number of hydrogen-bond donors (Lipinski definition) is 1. The van der Waals surface area contributed by atoms with Gasteiger partial charge in [-0.15, -0.1) is 0 Å². The lowest BCUT2D eigenvalue weighted by molar-refractivity contribution is -0.130. The minimum absolute atomic E-state index is 0.0115. The van der Waals surface area contributed by atoms with Gasteiger partial charge in [0.05, 0.1) is 12.3 Å². The van der Waals surface area contributed by atoms with Gasteiger partial charge in [-0.3, -0.25) is 14.5 Å². The first-order valence-electron chi connectivity index (χ1n) is 9.91. The van der Waals surface area contributed by atoms with E-state index >= 15 is 0 Å². The number of aryl methyl sites for hydroxylation is 1. The molecule has 0 unspecified atom stereocenters. The molecule has 1 N–H and O–H groups in total. The Morgan fingerprint density at radius 3 is 2.39 bits per heavy atom. The second-order valence-electron chi connectivity index (χ2n) is 7.19. The summed E-state index contributed by atoms with van der Waals surface area (Å²) in [6.07, 6.45) is 2.10. The van der Waals surface area contributed by atoms with Crippen LogP contribution in [0.3, 0.4) is 0 Å². The molecule has 156 valence electrons. The number of piperazine rings is 1. The first-order valence-corrected chi connectivity index (χ1v) is 11.7. The summed E-state index contributed by atoms with van der Waals surface area (Å²) in [5, 5.41) is 2.84. The van der Waals surface area contributed by atoms with Crippen molar-refractivity contribution in [2.24, 2.45) is 0 Å². The number of amides is 2. The van der Waals surface area contributed by atoms with E-state index in [2.05, 4.69) is 5.32 Å². The van der Waals surface area contributed by atoms with Crippen LogP contribution in [-0.2, 0) is 25.8 Å². The van der Waals surface area contributed by atoms with E-state index in [1.165, 1.54) is 0 Å². The van der Waals surface area contributed by atoms with Crippen molar-refractivity contribution in [1.29, 1.82) is 0 Å². The predicted molar refractivity (Wildman–Crippen MR) is 110 cm³/mol. The van der Waals surface area contributed by atoms with Gasteiger partial charge in [-0.05, 0) is 24.8 Å². The van der Waals surface area contributed by atoms with Crippen LogP contribution in [-0.4, -0.2) is 80.8 Å². The van der Waals surface area contributed by atoms with Gasteiger partial charge in [0.15, 0.2) is 9.84 Å². The monoisotopic (exact) mass is 409 g/mol. The first kappa shape index (κ1) is 22.4. The molecule has 1 aromatic carbocycles. The second-order valence-corrected chi connectivity index (χ2v) is 9.37. The van der Waals surface area contributed by atoms with E-state index in [1.807, 2.05) is 42.2 Å². The molecule has 0 aliphatic carbocycles. The summed E-state index contributed by atoms with van der Waals surface area (Å²) in [4.78, 5) is 27.7. The van der Waals surface area contributed by atoms with Crippen molar-refractivity contribution in [2.75, 3.05) is 50.8 Å². The van der Waals surface area contributed by atoms with Crippen molar-refractivity contribution in [3.05, 3.63) is 35.9 Å². The smallest absolute Gasteiger partial charge is 0.237 e. The topological polar surface area (TPSA) is 86.8 Å². The van der Waals surface area contributed by atoms with Gasteiger partial charge < -0.3 is 10.2 Å². The third-order valence-electron chi connectivity index (χ3n) is 4.77. The highest BCUT2D eigenvalue weighted by Crippen LogP contribution is 2.07. The number of nitrogens with zero attached hydrogens (tertiary/aromatic N) is 2. The molecule has 2 rings (SSSR count). The van der Waals surface area contributed by atoms with E-state index in [-0.39, 0.29) is 17.6 Å². The quantitative estimate of drug-likeness (QED) is 0.615. The fraction of sp³-hybridized carbons (Fsp3) is 0.600. The minimum Gasteiger partial charge on any atom is -0.355 e. The standard InChI is InChI=1S/C20H31N3O4S/c1-2-10-21-19(24)16-22-11-13-23(14-12-22)20(25)17-28(26,27)15-6-9-18-7-4-3-5-8-18/h3-5,7-8H,2,6,9-17H2,1H3,(H,21,24). The molecular formula is C20H31N3O4S. The van der Waals surface area contributed by atoms with Crippen LogP contribution in [0.25, 0.3) is 0 Å². The van der Waals surface area contributed by atoms with E-state index < -0.39 is 15.6 Å². The molecule has 0 radical (unpaired) electrons. The maximum absolute atomic E-state index is 12.4. The molecular weight excluding hydrogens is 378 g/mol. The average Bonchev–Trinajstić information content (AvgIpc) is 2.67. The Morgan fingerprint density at radius 1 is 1.07 bits per heavy atom. The highest BCUT2D eigenvalue weighted by molar-refractivity contribution is 7.92. The maximum Gasteiger partial charge on any atom is 0.237 e. The number of sulfone groups is 1. The largest absolute Gasteiger partial charge is 0.355 e. The van der Waals surface area contributed by atoms with Crippen LogP contribution < -0.4 is 5.32 Å². The Morgan fingerprint density at radius 2 is 1.75 bits per heavy atom. The molecule has 0 bridgehead atoms. The Labute approximate surface area is 168 Å². The van der Waals surface area contributed by atoms with Gasteiger partial charge in [-0.1, -0.05) is 37.3 Å². The summed E-state index contributed by atoms with van der Waals surface area (Å²) in [5.74, 6) is -0.762. The normalized spacial score (nSPS) is 15.4. The molecule has 28 heavy (non-hydrogen) atoms. The summed E-state index contributed by atoms with van der Waals surface area (Å²) in [6.45, 7) is 5.07. The fourth-order valence-electron chi connectivity index (χ4n) is 3.17. The van der Waals surface area contributed by atoms with Gasteiger partial charge in [0.25, 0.3) is 0 Å². The van der Waals surface area contributed by atoms with Crippen LogP contribution >= 0.6 is 0 Å². The third kappa shape index (κ3) is 7.98. The van der Waals surface area contributed by atoms with Crippen LogP contribution in [0.15, 0.2) is 30.3 Å². The zero-order valence-corrected chi connectivity index (χ0v) is 17.4. The van der Waals surface area contributed by atoms with Crippen molar-refractivity contribution in [3.63, 3.8) is 0 Å². The zero-order chi connectivity index (χ0) is 20.4. The Balaban J connectivity index is 1.70. The van der Waals surface area contributed by atoms with Gasteiger partial charge in [-0.25, -0.2) is 8.42 Å². The van der Waals surface area contributed by atoms with Gasteiger partial charge in [0.1, 0.15) is 5.75 Å². The second kappa shape index (κ2) is 11.2. The van der Waals surface area contributed by atoms with Gasteiger partial charge in [-0.2, -0.15) is 0 Å². The molecule has 1 aliphatic rings. The van der Waals surface area contributed by atoms with E-state index in [0.717, 1.165) is 12.0 Å². The number of nitrogens with one attached hydrogen (secondary N) is 1. The molecule has 1 fully saturated rings.